The van der Waals surface area contributed by atoms with Gasteiger partial charge in [0.05, 0.1) is 12.7 Å². The zero-order valence-electron chi connectivity index (χ0n) is 10.5. The number of carbonyl (C=O) groups excluding carboxylic acids is 1. The van der Waals surface area contributed by atoms with Crippen LogP contribution in [-0.2, 0) is 4.79 Å². The first kappa shape index (κ1) is 14.2. The summed E-state index contributed by atoms with van der Waals surface area (Å²) in [7, 11) is 1.78. The molecule has 0 bridgehead atoms. The molecule has 98 valence electrons. The van der Waals surface area contributed by atoms with E-state index in [-0.39, 0.29) is 18.3 Å². The van der Waals surface area contributed by atoms with Gasteiger partial charge in [0.15, 0.2) is 5.78 Å². The normalized spacial score (nSPS) is 19.5. The van der Waals surface area contributed by atoms with E-state index >= 15 is 0 Å². The SMILES string of the molecule is CN(/C=C/C(=O)C1CCCCC1)CC(O)CO. The maximum atomic E-state index is 11.8. The minimum Gasteiger partial charge on any atom is -0.394 e. The molecular formula is C13H23NO3. The molecule has 17 heavy (non-hydrogen) atoms. The van der Waals surface area contributed by atoms with Gasteiger partial charge in [0.1, 0.15) is 0 Å². The Hall–Kier alpha value is -0.870. The van der Waals surface area contributed by atoms with E-state index in [0.29, 0.717) is 6.54 Å². The molecule has 0 radical (unpaired) electrons. The highest BCUT2D eigenvalue weighted by molar-refractivity contribution is 5.91. The van der Waals surface area contributed by atoms with Crippen molar-refractivity contribution in [2.75, 3.05) is 20.2 Å². The van der Waals surface area contributed by atoms with Crippen LogP contribution in [0.1, 0.15) is 32.1 Å². The Morgan fingerprint density at radius 2 is 2.06 bits per heavy atom. The second-order valence-electron chi connectivity index (χ2n) is 4.83. The third-order valence-electron chi connectivity index (χ3n) is 3.21. The van der Waals surface area contributed by atoms with Crippen LogP contribution >= 0.6 is 0 Å². The molecule has 0 aliphatic heterocycles. The average molecular weight is 241 g/mol. The van der Waals surface area contributed by atoms with Crippen LogP contribution in [0, 0.1) is 5.92 Å². The van der Waals surface area contributed by atoms with Gasteiger partial charge in [-0.1, -0.05) is 19.3 Å². The smallest absolute Gasteiger partial charge is 0.160 e. The summed E-state index contributed by atoms with van der Waals surface area (Å²) in [5.74, 6) is 0.381. The monoisotopic (exact) mass is 241 g/mol. The Morgan fingerprint density at radius 1 is 1.41 bits per heavy atom. The van der Waals surface area contributed by atoms with Crippen molar-refractivity contribution in [3.05, 3.63) is 12.3 Å². The molecule has 0 saturated heterocycles. The Labute approximate surface area is 103 Å². The number of ketones is 1. The molecule has 0 aromatic carbocycles. The summed E-state index contributed by atoms with van der Waals surface area (Å²) in [6.07, 6.45) is 8.10. The number of hydrogen-bond acceptors (Lipinski definition) is 4. The summed E-state index contributed by atoms with van der Waals surface area (Å²) in [5.41, 5.74) is 0. The summed E-state index contributed by atoms with van der Waals surface area (Å²) in [6.45, 7) is 0.0830. The molecule has 0 heterocycles. The van der Waals surface area contributed by atoms with E-state index in [1.54, 1.807) is 24.2 Å². The van der Waals surface area contributed by atoms with Gasteiger partial charge in [0.2, 0.25) is 0 Å². The topological polar surface area (TPSA) is 60.8 Å². The molecular weight excluding hydrogens is 218 g/mol. The molecule has 4 heteroatoms. The van der Waals surface area contributed by atoms with Gasteiger partial charge >= 0.3 is 0 Å². The molecule has 0 spiro atoms. The molecule has 1 rings (SSSR count). The number of allylic oxidation sites excluding steroid dienone is 1. The number of aliphatic hydroxyl groups excluding tert-OH is 2. The molecule has 4 nitrogen and oxygen atoms in total. The molecule has 1 saturated carbocycles. The lowest BCUT2D eigenvalue weighted by Crippen LogP contribution is -2.28. The zero-order valence-corrected chi connectivity index (χ0v) is 10.5. The summed E-state index contributed by atoms with van der Waals surface area (Å²) >= 11 is 0. The van der Waals surface area contributed by atoms with Gasteiger partial charge in [0.25, 0.3) is 0 Å². The number of aliphatic hydroxyl groups is 2. The fraction of sp³-hybridized carbons (Fsp3) is 0.769. The molecule has 0 aromatic rings. The Balaban J connectivity index is 2.33. The van der Waals surface area contributed by atoms with Gasteiger partial charge in [-0.15, -0.1) is 0 Å². The Morgan fingerprint density at radius 3 is 2.65 bits per heavy atom. The van der Waals surface area contributed by atoms with E-state index in [1.165, 1.54) is 6.42 Å². The first-order valence-corrected chi connectivity index (χ1v) is 6.34. The third-order valence-corrected chi connectivity index (χ3v) is 3.21. The molecule has 1 unspecified atom stereocenters. The van der Waals surface area contributed by atoms with Gasteiger partial charge in [-0.05, 0) is 18.9 Å². The fourth-order valence-electron chi connectivity index (χ4n) is 2.17. The number of rotatable bonds is 6. The molecule has 0 aromatic heterocycles. The van der Waals surface area contributed by atoms with Gasteiger partial charge < -0.3 is 15.1 Å². The summed E-state index contributed by atoms with van der Waals surface area (Å²) in [4.78, 5) is 13.6. The van der Waals surface area contributed by atoms with Crippen molar-refractivity contribution in [1.29, 1.82) is 0 Å². The number of likely N-dealkylation sites (N-methyl/N-ethyl adjacent to an activating group) is 1. The molecule has 1 aliphatic carbocycles. The quantitative estimate of drug-likeness (QED) is 0.679. The minimum atomic E-state index is -0.755. The fourth-order valence-corrected chi connectivity index (χ4v) is 2.17. The molecule has 0 amide bonds. The molecule has 1 atom stereocenters. The van der Waals surface area contributed by atoms with Gasteiger partial charge in [-0.25, -0.2) is 0 Å². The van der Waals surface area contributed by atoms with Crippen molar-refractivity contribution < 1.29 is 15.0 Å². The van der Waals surface area contributed by atoms with Crippen LogP contribution in [0.15, 0.2) is 12.3 Å². The van der Waals surface area contributed by atoms with Crippen LogP contribution in [0.3, 0.4) is 0 Å². The first-order chi connectivity index (χ1) is 8.13. The average Bonchev–Trinajstić information content (AvgIpc) is 2.36. The lowest BCUT2D eigenvalue weighted by Gasteiger charge is -2.20. The third kappa shape index (κ3) is 5.33. The van der Waals surface area contributed by atoms with Crippen molar-refractivity contribution in [2.45, 2.75) is 38.2 Å². The van der Waals surface area contributed by atoms with E-state index in [1.807, 2.05) is 0 Å². The number of nitrogens with zero attached hydrogens (tertiary/aromatic N) is 1. The number of hydrogen-bond donors (Lipinski definition) is 2. The lowest BCUT2D eigenvalue weighted by molar-refractivity contribution is -0.119. The maximum Gasteiger partial charge on any atom is 0.160 e. The van der Waals surface area contributed by atoms with Crippen molar-refractivity contribution in [3.63, 3.8) is 0 Å². The predicted molar refractivity (Wildman–Crippen MR) is 66.4 cm³/mol. The standard InChI is InChI=1S/C13H23NO3/c1-14(9-12(16)10-15)8-7-13(17)11-5-3-2-4-6-11/h7-8,11-12,15-16H,2-6,9-10H2,1H3/b8-7+. The largest absolute Gasteiger partial charge is 0.394 e. The van der Waals surface area contributed by atoms with E-state index in [4.69, 9.17) is 5.11 Å². The van der Waals surface area contributed by atoms with E-state index in [0.717, 1.165) is 25.7 Å². The number of carbonyl (C=O) groups is 1. The summed E-state index contributed by atoms with van der Waals surface area (Å²) in [6, 6.07) is 0. The highest BCUT2D eigenvalue weighted by Gasteiger charge is 2.18. The summed E-state index contributed by atoms with van der Waals surface area (Å²) < 4.78 is 0. The molecule has 2 N–H and O–H groups in total. The van der Waals surface area contributed by atoms with Crippen molar-refractivity contribution in [3.8, 4) is 0 Å². The van der Waals surface area contributed by atoms with Crippen LogP contribution in [-0.4, -0.2) is 47.2 Å². The van der Waals surface area contributed by atoms with Crippen LogP contribution in [0.25, 0.3) is 0 Å². The zero-order chi connectivity index (χ0) is 12.7. The van der Waals surface area contributed by atoms with Crippen LogP contribution in [0.4, 0.5) is 0 Å². The van der Waals surface area contributed by atoms with Gasteiger partial charge in [-0.2, -0.15) is 0 Å². The highest BCUT2D eigenvalue weighted by atomic mass is 16.3. The van der Waals surface area contributed by atoms with Gasteiger partial charge in [-0.3, -0.25) is 4.79 Å². The first-order valence-electron chi connectivity index (χ1n) is 6.34. The Kier molecular flexibility index (Phi) is 6.22. The molecule has 1 fully saturated rings. The second kappa shape index (κ2) is 7.45. The van der Waals surface area contributed by atoms with Crippen molar-refractivity contribution in [1.82, 2.24) is 4.90 Å². The van der Waals surface area contributed by atoms with Crippen molar-refractivity contribution >= 4 is 5.78 Å². The molecule has 1 aliphatic rings. The Bertz CT molecular complexity index is 259. The lowest BCUT2D eigenvalue weighted by atomic mass is 9.86. The van der Waals surface area contributed by atoms with Gasteiger partial charge in [0, 0.05) is 25.7 Å². The maximum absolute atomic E-state index is 11.8. The predicted octanol–water partition coefficient (Wildman–Crippen LogP) is 0.934. The van der Waals surface area contributed by atoms with Crippen LogP contribution < -0.4 is 0 Å². The van der Waals surface area contributed by atoms with E-state index in [2.05, 4.69) is 0 Å². The van der Waals surface area contributed by atoms with E-state index < -0.39 is 6.10 Å². The van der Waals surface area contributed by atoms with Crippen LogP contribution in [0.5, 0.6) is 0 Å². The minimum absolute atomic E-state index is 0.190. The van der Waals surface area contributed by atoms with Crippen LogP contribution in [0.2, 0.25) is 0 Å². The summed E-state index contributed by atoms with van der Waals surface area (Å²) in [5, 5.41) is 17.9. The van der Waals surface area contributed by atoms with E-state index in [9.17, 15) is 9.90 Å². The second-order valence-corrected chi connectivity index (χ2v) is 4.83. The highest BCUT2D eigenvalue weighted by Crippen LogP contribution is 2.24. The van der Waals surface area contributed by atoms with Crippen molar-refractivity contribution in [2.24, 2.45) is 5.92 Å².